The second kappa shape index (κ2) is 12.9. The Morgan fingerprint density at radius 3 is 2.41 bits per heavy atom. The second-order valence-corrected chi connectivity index (χ2v) is 10.4. The summed E-state index contributed by atoms with van der Waals surface area (Å²) in [6, 6.07) is 26.1. The third-order valence-electron chi connectivity index (χ3n) is 7.36. The van der Waals surface area contributed by atoms with Gasteiger partial charge in [-0.25, -0.2) is 4.39 Å². The molecule has 41 heavy (non-hydrogen) atoms. The number of carbonyl (C=O) groups excluding carboxylic acids is 2. The lowest BCUT2D eigenvalue weighted by atomic mass is 10.1. The number of halogens is 2. The molecule has 1 aromatic heterocycles. The Morgan fingerprint density at radius 2 is 1.68 bits per heavy atom. The number of rotatable bonds is 7. The lowest BCUT2D eigenvalue weighted by Crippen LogP contribution is -2.45. The van der Waals surface area contributed by atoms with E-state index in [4.69, 9.17) is 11.6 Å². The first-order chi connectivity index (χ1) is 19.9. The van der Waals surface area contributed by atoms with Crippen molar-refractivity contribution in [3.05, 3.63) is 113 Å². The van der Waals surface area contributed by atoms with Crippen LogP contribution in [-0.2, 0) is 4.79 Å². The van der Waals surface area contributed by atoms with Gasteiger partial charge in [0.25, 0.3) is 5.91 Å². The molecule has 5 rings (SSSR count). The van der Waals surface area contributed by atoms with E-state index in [1.165, 1.54) is 23.1 Å². The van der Waals surface area contributed by atoms with Crippen LogP contribution in [0.4, 0.5) is 10.2 Å². The molecule has 1 saturated heterocycles. The van der Waals surface area contributed by atoms with Gasteiger partial charge in [0, 0.05) is 37.3 Å². The number of benzene rings is 3. The number of carbonyl (C=O) groups is 2. The van der Waals surface area contributed by atoms with Crippen LogP contribution in [0, 0.1) is 5.82 Å². The highest BCUT2D eigenvalue weighted by molar-refractivity contribution is 6.33. The number of anilines is 1. The summed E-state index contributed by atoms with van der Waals surface area (Å²) in [6.07, 6.45) is 0.742. The molecule has 2 heterocycles. The molecule has 1 fully saturated rings. The first kappa shape index (κ1) is 28.2. The van der Waals surface area contributed by atoms with Gasteiger partial charge in [0.2, 0.25) is 5.91 Å². The van der Waals surface area contributed by atoms with Gasteiger partial charge in [0.1, 0.15) is 12.4 Å². The third-order valence-corrected chi connectivity index (χ3v) is 7.69. The van der Waals surface area contributed by atoms with Crippen LogP contribution < -0.4 is 4.90 Å². The molecule has 0 unspecified atom stereocenters. The van der Waals surface area contributed by atoms with Gasteiger partial charge in [-0.15, -0.1) is 10.2 Å². The van der Waals surface area contributed by atoms with Crippen molar-refractivity contribution in [2.75, 3.05) is 37.6 Å². The van der Waals surface area contributed by atoms with Crippen LogP contribution >= 0.6 is 11.6 Å². The summed E-state index contributed by atoms with van der Waals surface area (Å²) >= 11 is 6.31. The largest absolute Gasteiger partial charge is 0.353 e. The Kier molecular flexibility index (Phi) is 8.89. The smallest absolute Gasteiger partial charge is 0.254 e. The quantitative estimate of drug-likeness (QED) is 0.277. The van der Waals surface area contributed by atoms with E-state index in [0.29, 0.717) is 30.4 Å². The fourth-order valence-corrected chi connectivity index (χ4v) is 5.26. The highest BCUT2D eigenvalue weighted by atomic mass is 35.5. The van der Waals surface area contributed by atoms with Crippen molar-refractivity contribution in [2.24, 2.45) is 0 Å². The summed E-state index contributed by atoms with van der Waals surface area (Å²) in [5, 5.41) is 9.43. The molecule has 0 N–H and O–H groups in total. The minimum absolute atomic E-state index is 0.113. The average Bonchev–Trinajstić information content (AvgIpc) is 3.27. The Hall–Kier alpha value is -4.30. The molecule has 1 aliphatic heterocycles. The average molecular weight is 572 g/mol. The first-order valence-electron chi connectivity index (χ1n) is 13.6. The molecule has 0 spiro atoms. The molecule has 0 bridgehead atoms. The molecule has 0 saturated carbocycles. The Morgan fingerprint density at radius 1 is 0.902 bits per heavy atom. The van der Waals surface area contributed by atoms with Gasteiger partial charge in [-0.1, -0.05) is 66.2 Å². The van der Waals surface area contributed by atoms with Crippen molar-refractivity contribution >= 4 is 29.2 Å². The van der Waals surface area contributed by atoms with Gasteiger partial charge < -0.3 is 14.7 Å². The van der Waals surface area contributed by atoms with E-state index in [-0.39, 0.29) is 30.0 Å². The molecule has 1 aliphatic rings. The number of nitrogens with zero attached hydrogens (tertiary/aromatic N) is 5. The Bertz CT molecular complexity index is 1500. The lowest BCUT2D eigenvalue weighted by Gasteiger charge is -2.32. The number of hydrogen-bond acceptors (Lipinski definition) is 5. The van der Waals surface area contributed by atoms with E-state index in [0.717, 1.165) is 29.9 Å². The van der Waals surface area contributed by atoms with Gasteiger partial charge in [-0.2, -0.15) is 0 Å². The van der Waals surface area contributed by atoms with Crippen LogP contribution in [0.2, 0.25) is 5.02 Å². The minimum Gasteiger partial charge on any atom is -0.353 e. The van der Waals surface area contributed by atoms with Crippen LogP contribution in [0.5, 0.6) is 0 Å². The van der Waals surface area contributed by atoms with Crippen molar-refractivity contribution in [1.82, 2.24) is 20.0 Å². The molecular formula is C32H31ClFN5O2. The summed E-state index contributed by atoms with van der Waals surface area (Å²) in [5.74, 6) is -0.306. The molecule has 9 heteroatoms. The SMILES string of the molecule is C[C@H](c1ccccc1)N(CC(=O)N1CCCN(c2ccc(-c3ccccc3Cl)nn2)CC1)C(=O)c1cccc(F)c1. The van der Waals surface area contributed by atoms with Crippen LogP contribution in [0.25, 0.3) is 11.3 Å². The molecule has 3 aromatic carbocycles. The number of hydrogen-bond donors (Lipinski definition) is 0. The summed E-state index contributed by atoms with van der Waals surface area (Å²) in [5.41, 5.74) is 2.62. The third kappa shape index (κ3) is 6.72. The standard InChI is InChI=1S/C32H31ClFN5O2/c1-23(24-9-3-2-4-10-24)39(32(41)25-11-7-12-26(34)21-25)22-31(40)38-18-8-17-37(19-20-38)30-16-15-29(35-36-30)27-13-5-6-14-28(27)33/h2-7,9-16,21,23H,8,17-20,22H2,1H3/t23-/m1/s1. The van der Waals surface area contributed by atoms with E-state index >= 15 is 0 Å². The zero-order chi connectivity index (χ0) is 28.8. The summed E-state index contributed by atoms with van der Waals surface area (Å²) in [4.78, 5) is 32.5. The van der Waals surface area contributed by atoms with Gasteiger partial charge in [0.15, 0.2) is 5.82 Å². The Labute approximate surface area is 244 Å². The zero-order valence-electron chi connectivity index (χ0n) is 22.8. The van der Waals surface area contributed by atoms with Crippen LogP contribution in [0.1, 0.15) is 35.3 Å². The van der Waals surface area contributed by atoms with Crippen LogP contribution in [-0.4, -0.2) is 64.5 Å². The maximum atomic E-state index is 14.0. The van der Waals surface area contributed by atoms with E-state index in [9.17, 15) is 14.0 Å². The van der Waals surface area contributed by atoms with E-state index in [2.05, 4.69) is 15.1 Å². The molecule has 2 amide bonds. The van der Waals surface area contributed by atoms with Gasteiger partial charge in [-0.05, 0) is 55.3 Å². The topological polar surface area (TPSA) is 69.6 Å². The van der Waals surface area contributed by atoms with Gasteiger partial charge in [-0.3, -0.25) is 9.59 Å². The zero-order valence-corrected chi connectivity index (χ0v) is 23.5. The fourth-order valence-electron chi connectivity index (χ4n) is 5.03. The predicted octanol–water partition coefficient (Wildman–Crippen LogP) is 5.88. The highest BCUT2D eigenvalue weighted by Crippen LogP contribution is 2.27. The summed E-state index contributed by atoms with van der Waals surface area (Å²) in [7, 11) is 0. The van der Waals surface area contributed by atoms with Crippen LogP contribution in [0.3, 0.4) is 0 Å². The molecule has 0 radical (unpaired) electrons. The molecular weight excluding hydrogens is 541 g/mol. The highest BCUT2D eigenvalue weighted by Gasteiger charge is 2.28. The monoisotopic (exact) mass is 571 g/mol. The molecule has 4 aromatic rings. The lowest BCUT2D eigenvalue weighted by molar-refractivity contribution is -0.132. The maximum absolute atomic E-state index is 14.0. The van der Waals surface area contributed by atoms with Crippen LogP contribution in [0.15, 0.2) is 91.0 Å². The minimum atomic E-state index is -0.495. The van der Waals surface area contributed by atoms with Crippen molar-refractivity contribution in [3.63, 3.8) is 0 Å². The Balaban J connectivity index is 1.28. The number of amides is 2. The van der Waals surface area contributed by atoms with Gasteiger partial charge >= 0.3 is 0 Å². The van der Waals surface area contributed by atoms with Crippen molar-refractivity contribution in [1.29, 1.82) is 0 Å². The van der Waals surface area contributed by atoms with E-state index in [1.807, 2.05) is 73.7 Å². The van der Waals surface area contributed by atoms with E-state index in [1.54, 1.807) is 11.0 Å². The number of aromatic nitrogens is 2. The predicted molar refractivity (Wildman–Crippen MR) is 158 cm³/mol. The maximum Gasteiger partial charge on any atom is 0.254 e. The van der Waals surface area contributed by atoms with E-state index < -0.39 is 5.82 Å². The normalized spacial score (nSPS) is 14.3. The molecule has 0 aliphatic carbocycles. The molecule has 7 nitrogen and oxygen atoms in total. The fraction of sp³-hybridized carbons (Fsp3) is 0.250. The molecule has 1 atom stereocenters. The first-order valence-corrected chi connectivity index (χ1v) is 14.0. The summed E-state index contributed by atoms with van der Waals surface area (Å²) < 4.78 is 14.0. The summed E-state index contributed by atoms with van der Waals surface area (Å²) in [6.45, 7) is 4.11. The molecule has 210 valence electrons. The van der Waals surface area contributed by atoms with Crippen molar-refractivity contribution < 1.29 is 14.0 Å². The second-order valence-electron chi connectivity index (χ2n) is 10.0. The van der Waals surface area contributed by atoms with Gasteiger partial charge in [0.05, 0.1) is 16.8 Å². The van der Waals surface area contributed by atoms with Crippen molar-refractivity contribution in [2.45, 2.75) is 19.4 Å². The van der Waals surface area contributed by atoms with Crippen molar-refractivity contribution in [3.8, 4) is 11.3 Å².